The smallest absolute Gasteiger partial charge is 0.333 e. The third kappa shape index (κ3) is 11.9. The fourth-order valence-electron chi connectivity index (χ4n) is 3.04. The summed E-state index contributed by atoms with van der Waals surface area (Å²) in [4.78, 5) is 34.5. The minimum atomic E-state index is -2.16. The monoisotopic (exact) mass is 385 g/mol. The molecule has 4 N–H and O–H groups in total. The summed E-state index contributed by atoms with van der Waals surface area (Å²) in [7, 11) is 0. The van der Waals surface area contributed by atoms with Crippen LogP contribution in [0.15, 0.2) is 0 Å². The zero-order chi connectivity index (χ0) is 20.5. The second kappa shape index (κ2) is 15.8. The lowest BCUT2D eigenvalue weighted by Gasteiger charge is -2.20. The van der Waals surface area contributed by atoms with Crippen molar-refractivity contribution >= 4 is 17.5 Å². The van der Waals surface area contributed by atoms with Crippen LogP contribution in [0.5, 0.6) is 0 Å². The topological polar surface area (TPSA) is 118 Å². The highest BCUT2D eigenvalue weighted by atomic mass is 16.4. The molecule has 0 aromatic carbocycles. The molecule has 1 unspecified atom stereocenters. The number of ketones is 2. The molecule has 0 heterocycles. The summed E-state index contributed by atoms with van der Waals surface area (Å²) in [5.74, 6) is -1.69. The number of rotatable bonds is 19. The number of carbonyl (C=O) groups excluding carboxylic acids is 2. The zero-order valence-corrected chi connectivity index (χ0v) is 17.0. The molecule has 0 aliphatic carbocycles. The van der Waals surface area contributed by atoms with Crippen molar-refractivity contribution in [3.8, 4) is 0 Å². The Bertz CT molecular complexity index is 438. The molecular weight excluding hydrogens is 346 g/mol. The van der Waals surface area contributed by atoms with Gasteiger partial charge in [0.2, 0.25) is 0 Å². The largest absolute Gasteiger partial charge is 0.479 e. The molecule has 0 spiro atoms. The lowest BCUT2D eigenvalue weighted by atomic mass is 9.92. The predicted molar refractivity (Wildman–Crippen MR) is 107 cm³/mol. The van der Waals surface area contributed by atoms with Gasteiger partial charge >= 0.3 is 5.97 Å². The number of aliphatic carboxylic acids is 1. The van der Waals surface area contributed by atoms with Crippen LogP contribution >= 0.6 is 0 Å². The first-order chi connectivity index (χ1) is 12.9. The van der Waals surface area contributed by atoms with Crippen molar-refractivity contribution in [2.24, 2.45) is 5.73 Å². The molecule has 0 aliphatic rings. The molecule has 6 heteroatoms. The molecule has 6 nitrogen and oxygen atoms in total. The molecule has 0 saturated carbocycles. The Morgan fingerprint density at radius 1 is 0.741 bits per heavy atom. The molecule has 0 aliphatic heterocycles. The average Bonchev–Trinajstić information content (AvgIpc) is 2.65. The van der Waals surface area contributed by atoms with Crippen molar-refractivity contribution in [2.75, 3.05) is 6.61 Å². The van der Waals surface area contributed by atoms with E-state index in [1.54, 1.807) is 0 Å². The van der Waals surface area contributed by atoms with Gasteiger partial charge in [-0.1, -0.05) is 64.7 Å². The van der Waals surface area contributed by atoms with Gasteiger partial charge in [-0.05, 0) is 19.3 Å². The highest BCUT2D eigenvalue weighted by molar-refractivity contribution is 6.07. The van der Waals surface area contributed by atoms with Gasteiger partial charge in [-0.3, -0.25) is 9.59 Å². The Balaban J connectivity index is 3.51. The van der Waals surface area contributed by atoms with Gasteiger partial charge in [0, 0.05) is 19.3 Å². The van der Waals surface area contributed by atoms with E-state index in [0.717, 1.165) is 64.2 Å². The number of nitrogens with two attached hydrogens (primary N) is 1. The Labute approximate surface area is 163 Å². The van der Waals surface area contributed by atoms with Crippen LogP contribution in [0.4, 0.5) is 0 Å². The second-order valence-electron chi connectivity index (χ2n) is 7.54. The first kappa shape index (κ1) is 25.7. The van der Waals surface area contributed by atoms with E-state index in [2.05, 4.69) is 6.92 Å². The predicted octanol–water partition coefficient (Wildman–Crippen LogP) is 3.77. The minimum absolute atomic E-state index is 0.0870. The van der Waals surface area contributed by atoms with Crippen molar-refractivity contribution in [3.05, 3.63) is 0 Å². The van der Waals surface area contributed by atoms with Crippen LogP contribution in [0.1, 0.15) is 103 Å². The first-order valence-electron chi connectivity index (χ1n) is 10.6. The van der Waals surface area contributed by atoms with E-state index >= 15 is 0 Å². The van der Waals surface area contributed by atoms with E-state index < -0.39 is 23.9 Å². The fraction of sp³-hybridized carbons (Fsp3) is 0.857. The number of carboxylic acids is 1. The van der Waals surface area contributed by atoms with Crippen LogP contribution in [0.2, 0.25) is 0 Å². The maximum atomic E-state index is 11.8. The number of carbonyl (C=O) groups is 3. The summed E-state index contributed by atoms with van der Waals surface area (Å²) in [5.41, 5.74) is 3.27. The highest BCUT2D eigenvalue weighted by Gasteiger charge is 2.40. The van der Waals surface area contributed by atoms with Crippen molar-refractivity contribution < 1.29 is 24.6 Å². The third-order valence-electron chi connectivity index (χ3n) is 5.05. The maximum Gasteiger partial charge on any atom is 0.333 e. The lowest BCUT2D eigenvalue weighted by Crippen LogP contribution is -2.57. The van der Waals surface area contributed by atoms with E-state index in [9.17, 15) is 14.4 Å². The van der Waals surface area contributed by atoms with Crippen LogP contribution < -0.4 is 5.73 Å². The summed E-state index contributed by atoms with van der Waals surface area (Å²) in [6, 6.07) is 0. The number of Topliss-reactive ketones (excluding diaryl/α,β-unsaturated/α-hetero) is 2. The van der Waals surface area contributed by atoms with Crippen LogP contribution in [0.3, 0.4) is 0 Å². The number of aliphatic hydroxyl groups excluding tert-OH is 1. The molecule has 0 aromatic rings. The summed E-state index contributed by atoms with van der Waals surface area (Å²) in [6.45, 7) is 1.30. The number of hydrogen-bond acceptors (Lipinski definition) is 5. The van der Waals surface area contributed by atoms with Crippen LogP contribution in [-0.4, -0.2) is 39.9 Å². The van der Waals surface area contributed by atoms with Crippen molar-refractivity contribution in [3.63, 3.8) is 0 Å². The number of aliphatic hydroxyl groups is 1. The lowest BCUT2D eigenvalue weighted by molar-refractivity contribution is -0.150. The van der Waals surface area contributed by atoms with Gasteiger partial charge < -0.3 is 15.9 Å². The fourth-order valence-corrected chi connectivity index (χ4v) is 3.04. The maximum absolute atomic E-state index is 11.8. The summed E-state index contributed by atoms with van der Waals surface area (Å²) in [5, 5.41) is 17.9. The van der Waals surface area contributed by atoms with E-state index in [4.69, 9.17) is 15.9 Å². The number of unbranched alkanes of at least 4 members (excludes halogenated alkanes) is 10. The molecule has 0 fully saturated rings. The number of hydrogen-bond donors (Lipinski definition) is 3. The molecule has 0 rings (SSSR count). The normalized spacial score (nSPS) is 13.3. The third-order valence-corrected chi connectivity index (χ3v) is 5.05. The highest BCUT2D eigenvalue weighted by Crippen LogP contribution is 2.14. The Morgan fingerprint density at radius 2 is 1.15 bits per heavy atom. The first-order valence-corrected chi connectivity index (χ1v) is 10.6. The summed E-state index contributed by atoms with van der Waals surface area (Å²) in [6.07, 6.45) is 14.0. The number of carboxylic acid groups (broad SMARTS) is 1. The van der Waals surface area contributed by atoms with Crippen molar-refractivity contribution in [1.82, 2.24) is 0 Å². The van der Waals surface area contributed by atoms with Gasteiger partial charge in [0.05, 0.1) is 6.61 Å². The van der Waals surface area contributed by atoms with E-state index in [-0.39, 0.29) is 6.42 Å². The van der Waals surface area contributed by atoms with Crippen LogP contribution in [0, 0.1) is 0 Å². The van der Waals surface area contributed by atoms with Crippen molar-refractivity contribution in [2.45, 2.75) is 109 Å². The molecule has 27 heavy (non-hydrogen) atoms. The molecule has 1 atom stereocenters. The standard InChI is InChI=1S/C21H39NO5/c1-2-3-4-11-14-18(24)15-12-9-7-5-6-8-10-13-16-19(25)21(22,17-23)20(26)27/h23H,2-17,22H2,1H3,(H,26,27). The van der Waals surface area contributed by atoms with Gasteiger partial charge in [0.25, 0.3) is 0 Å². The Hall–Kier alpha value is -1.27. The van der Waals surface area contributed by atoms with Gasteiger partial charge in [-0.15, -0.1) is 0 Å². The molecule has 158 valence electrons. The summed E-state index contributed by atoms with van der Waals surface area (Å²) >= 11 is 0. The zero-order valence-electron chi connectivity index (χ0n) is 17.0. The van der Waals surface area contributed by atoms with Crippen LogP contribution in [0.25, 0.3) is 0 Å². The van der Waals surface area contributed by atoms with Gasteiger partial charge in [0.1, 0.15) is 5.78 Å². The Morgan fingerprint density at radius 3 is 1.56 bits per heavy atom. The Kier molecular flexibility index (Phi) is 15.0. The van der Waals surface area contributed by atoms with E-state index in [1.165, 1.54) is 12.8 Å². The van der Waals surface area contributed by atoms with Crippen LogP contribution in [-0.2, 0) is 14.4 Å². The summed E-state index contributed by atoms with van der Waals surface area (Å²) < 4.78 is 0. The molecule has 0 aromatic heterocycles. The average molecular weight is 386 g/mol. The molecule has 0 bridgehead atoms. The quantitative estimate of drug-likeness (QED) is 0.230. The minimum Gasteiger partial charge on any atom is -0.479 e. The van der Waals surface area contributed by atoms with Gasteiger partial charge in [-0.2, -0.15) is 0 Å². The van der Waals surface area contributed by atoms with E-state index in [1.807, 2.05) is 0 Å². The van der Waals surface area contributed by atoms with Gasteiger partial charge in [0.15, 0.2) is 11.3 Å². The molecule has 0 amide bonds. The van der Waals surface area contributed by atoms with Crippen molar-refractivity contribution in [1.29, 1.82) is 0 Å². The molecule has 0 saturated heterocycles. The van der Waals surface area contributed by atoms with Gasteiger partial charge in [-0.25, -0.2) is 4.79 Å². The second-order valence-corrected chi connectivity index (χ2v) is 7.54. The molecule has 0 radical (unpaired) electrons. The SMILES string of the molecule is CCCCCCC(=O)CCCCCCCCCCC(=O)C(N)(CO)C(=O)O. The molecular formula is C21H39NO5. The van der Waals surface area contributed by atoms with E-state index in [0.29, 0.717) is 18.6 Å².